The number of anilines is 1. The highest BCUT2D eigenvalue weighted by molar-refractivity contribution is 6.05. The van der Waals surface area contributed by atoms with Crippen molar-refractivity contribution in [3.8, 4) is 11.5 Å². The highest BCUT2D eigenvalue weighted by Crippen LogP contribution is 2.43. The van der Waals surface area contributed by atoms with Crippen molar-refractivity contribution in [1.82, 2.24) is 0 Å². The number of nitrogens with two attached hydrogens (primary N) is 1. The fourth-order valence-corrected chi connectivity index (χ4v) is 2.88. The first-order chi connectivity index (χ1) is 10.7. The summed E-state index contributed by atoms with van der Waals surface area (Å²) in [6.45, 7) is 0.156. The standard InChI is InChI=1S/C16H13FN2O3/c17-11-4-2-1-3-10(11)15-14(18)16(20)19(15)9-5-6-12-13(7-9)22-8-21-12/h1-7,14-15H,8,18H2/t14-,15+/m0/s1. The Morgan fingerprint density at radius 3 is 2.73 bits per heavy atom. The molecule has 2 heterocycles. The summed E-state index contributed by atoms with van der Waals surface area (Å²) in [4.78, 5) is 13.7. The average Bonchev–Trinajstić information content (AvgIpc) is 3.00. The van der Waals surface area contributed by atoms with Crippen molar-refractivity contribution in [2.75, 3.05) is 11.7 Å². The quantitative estimate of drug-likeness (QED) is 0.861. The van der Waals surface area contributed by atoms with Crippen molar-refractivity contribution < 1.29 is 18.7 Å². The summed E-state index contributed by atoms with van der Waals surface area (Å²) in [5.74, 6) is 0.579. The number of rotatable bonds is 2. The number of nitrogens with zero attached hydrogens (tertiary/aromatic N) is 1. The molecule has 6 heteroatoms. The number of benzene rings is 2. The lowest BCUT2D eigenvalue weighted by Gasteiger charge is -2.45. The van der Waals surface area contributed by atoms with Gasteiger partial charge in [0.25, 0.3) is 0 Å². The summed E-state index contributed by atoms with van der Waals surface area (Å²) in [7, 11) is 0. The zero-order valence-corrected chi connectivity index (χ0v) is 11.5. The van der Waals surface area contributed by atoms with E-state index < -0.39 is 12.1 Å². The molecule has 2 aliphatic rings. The number of fused-ring (bicyclic) bond motifs is 1. The molecule has 0 bridgehead atoms. The first kappa shape index (κ1) is 13.1. The predicted octanol–water partition coefficient (Wildman–Crippen LogP) is 1.97. The Kier molecular flexibility index (Phi) is 2.80. The molecule has 2 N–H and O–H groups in total. The van der Waals surface area contributed by atoms with Crippen LogP contribution >= 0.6 is 0 Å². The lowest BCUT2D eigenvalue weighted by Crippen LogP contribution is -2.63. The van der Waals surface area contributed by atoms with Crippen LogP contribution in [0.2, 0.25) is 0 Å². The highest BCUT2D eigenvalue weighted by atomic mass is 19.1. The lowest BCUT2D eigenvalue weighted by atomic mass is 9.88. The van der Waals surface area contributed by atoms with Crippen LogP contribution in [0, 0.1) is 5.82 Å². The van der Waals surface area contributed by atoms with Crippen LogP contribution in [0.25, 0.3) is 0 Å². The third-order valence-corrected chi connectivity index (χ3v) is 4.00. The fourth-order valence-electron chi connectivity index (χ4n) is 2.88. The Labute approximate surface area is 126 Å². The van der Waals surface area contributed by atoms with Crippen LogP contribution in [0.15, 0.2) is 42.5 Å². The molecule has 2 aromatic carbocycles. The number of carbonyl (C=O) groups excluding carboxylic acids is 1. The van der Waals surface area contributed by atoms with E-state index in [0.29, 0.717) is 22.7 Å². The summed E-state index contributed by atoms with van der Waals surface area (Å²) >= 11 is 0. The molecule has 0 unspecified atom stereocenters. The average molecular weight is 300 g/mol. The molecule has 4 rings (SSSR count). The minimum absolute atomic E-state index is 0.156. The Morgan fingerprint density at radius 1 is 1.14 bits per heavy atom. The Hall–Kier alpha value is -2.60. The third-order valence-electron chi connectivity index (χ3n) is 4.00. The van der Waals surface area contributed by atoms with E-state index in [1.807, 2.05) is 0 Å². The molecular formula is C16H13FN2O3. The van der Waals surface area contributed by atoms with Gasteiger partial charge in [0.2, 0.25) is 12.7 Å². The molecule has 112 valence electrons. The smallest absolute Gasteiger partial charge is 0.247 e. The third kappa shape index (κ3) is 1.77. The molecular weight excluding hydrogens is 287 g/mol. The molecule has 2 aromatic rings. The van der Waals surface area contributed by atoms with Gasteiger partial charge >= 0.3 is 0 Å². The van der Waals surface area contributed by atoms with Gasteiger partial charge in [-0.25, -0.2) is 4.39 Å². The van der Waals surface area contributed by atoms with E-state index >= 15 is 0 Å². The van der Waals surface area contributed by atoms with E-state index in [1.54, 1.807) is 36.4 Å². The lowest BCUT2D eigenvalue weighted by molar-refractivity contribution is -0.126. The van der Waals surface area contributed by atoms with Gasteiger partial charge in [0, 0.05) is 17.3 Å². The van der Waals surface area contributed by atoms with Crippen molar-refractivity contribution in [2.45, 2.75) is 12.1 Å². The second-order valence-electron chi connectivity index (χ2n) is 5.24. The number of halogens is 1. The van der Waals surface area contributed by atoms with E-state index in [-0.39, 0.29) is 18.5 Å². The Morgan fingerprint density at radius 2 is 1.91 bits per heavy atom. The van der Waals surface area contributed by atoms with E-state index in [4.69, 9.17) is 15.2 Å². The minimum Gasteiger partial charge on any atom is -0.454 e. The molecule has 0 aromatic heterocycles. The number of hydrogen-bond donors (Lipinski definition) is 1. The van der Waals surface area contributed by atoms with Crippen LogP contribution in [0.3, 0.4) is 0 Å². The largest absolute Gasteiger partial charge is 0.454 e. The van der Waals surface area contributed by atoms with Gasteiger partial charge < -0.3 is 20.1 Å². The molecule has 0 spiro atoms. The number of amides is 1. The first-order valence-electron chi connectivity index (χ1n) is 6.89. The normalized spacial score (nSPS) is 22.6. The second kappa shape index (κ2) is 4.71. The van der Waals surface area contributed by atoms with Gasteiger partial charge in [-0.2, -0.15) is 0 Å². The summed E-state index contributed by atoms with van der Waals surface area (Å²) < 4.78 is 24.6. The molecule has 1 saturated heterocycles. The van der Waals surface area contributed by atoms with E-state index in [0.717, 1.165) is 0 Å². The van der Waals surface area contributed by atoms with Crippen molar-refractivity contribution in [3.63, 3.8) is 0 Å². The first-order valence-corrected chi connectivity index (χ1v) is 6.89. The van der Waals surface area contributed by atoms with Gasteiger partial charge in [-0.05, 0) is 18.2 Å². The minimum atomic E-state index is -0.748. The second-order valence-corrected chi connectivity index (χ2v) is 5.24. The topological polar surface area (TPSA) is 64.8 Å². The molecule has 22 heavy (non-hydrogen) atoms. The summed E-state index contributed by atoms with van der Waals surface area (Å²) in [6.07, 6.45) is 0. The fraction of sp³-hybridized carbons (Fsp3) is 0.188. The predicted molar refractivity (Wildman–Crippen MR) is 77.2 cm³/mol. The monoisotopic (exact) mass is 300 g/mol. The maximum Gasteiger partial charge on any atom is 0.247 e. The maximum atomic E-state index is 14.0. The van der Waals surface area contributed by atoms with Crippen molar-refractivity contribution in [1.29, 1.82) is 0 Å². The van der Waals surface area contributed by atoms with Gasteiger partial charge in [-0.1, -0.05) is 18.2 Å². The van der Waals surface area contributed by atoms with Crippen LogP contribution in [0.4, 0.5) is 10.1 Å². The molecule has 0 radical (unpaired) electrons. The van der Waals surface area contributed by atoms with Gasteiger partial charge in [0.05, 0.1) is 6.04 Å². The van der Waals surface area contributed by atoms with Crippen molar-refractivity contribution >= 4 is 11.6 Å². The Balaban J connectivity index is 1.74. The van der Waals surface area contributed by atoms with Gasteiger partial charge in [-0.15, -0.1) is 0 Å². The van der Waals surface area contributed by atoms with Crippen molar-refractivity contribution in [2.24, 2.45) is 5.73 Å². The molecule has 2 atom stereocenters. The highest BCUT2D eigenvalue weighted by Gasteiger charge is 2.47. The molecule has 0 aliphatic carbocycles. The van der Waals surface area contributed by atoms with Gasteiger partial charge in [0.15, 0.2) is 11.5 Å². The summed E-state index contributed by atoms with van der Waals surface area (Å²) in [6, 6.07) is 10.3. The molecule has 2 aliphatic heterocycles. The van der Waals surface area contributed by atoms with Crippen LogP contribution in [-0.2, 0) is 4.79 Å². The van der Waals surface area contributed by atoms with Crippen LogP contribution in [-0.4, -0.2) is 18.7 Å². The number of ether oxygens (including phenoxy) is 2. The van der Waals surface area contributed by atoms with Gasteiger partial charge in [-0.3, -0.25) is 4.79 Å². The number of β-lactam (4-membered cyclic amide) rings is 1. The number of carbonyl (C=O) groups is 1. The van der Waals surface area contributed by atoms with E-state index in [2.05, 4.69) is 0 Å². The molecule has 5 nitrogen and oxygen atoms in total. The van der Waals surface area contributed by atoms with Crippen LogP contribution in [0.1, 0.15) is 11.6 Å². The van der Waals surface area contributed by atoms with E-state index in [9.17, 15) is 9.18 Å². The molecule has 1 fully saturated rings. The Bertz CT molecular complexity index is 765. The van der Waals surface area contributed by atoms with Crippen LogP contribution in [0.5, 0.6) is 11.5 Å². The zero-order valence-electron chi connectivity index (χ0n) is 11.5. The van der Waals surface area contributed by atoms with Crippen molar-refractivity contribution in [3.05, 3.63) is 53.8 Å². The SMILES string of the molecule is N[C@@H]1C(=O)N(c2ccc3c(c2)OCO3)[C@@H]1c1ccccc1F. The number of hydrogen-bond acceptors (Lipinski definition) is 4. The van der Waals surface area contributed by atoms with E-state index in [1.165, 1.54) is 11.0 Å². The summed E-state index contributed by atoms with van der Waals surface area (Å²) in [5, 5.41) is 0. The van der Waals surface area contributed by atoms with Gasteiger partial charge in [0.1, 0.15) is 11.9 Å². The maximum absolute atomic E-state index is 14.0. The molecule has 1 amide bonds. The zero-order chi connectivity index (χ0) is 15.3. The van der Waals surface area contributed by atoms with Crippen LogP contribution < -0.4 is 20.1 Å². The molecule has 0 saturated carbocycles. The summed E-state index contributed by atoms with van der Waals surface area (Å²) in [5.41, 5.74) is 6.92.